The van der Waals surface area contributed by atoms with Crippen LogP contribution in [0.1, 0.15) is 0 Å². The molecule has 0 spiro atoms. The van der Waals surface area contributed by atoms with Crippen LogP contribution < -0.4 is 10.6 Å². The Hall–Kier alpha value is -1.40. The van der Waals surface area contributed by atoms with Gasteiger partial charge in [-0.2, -0.15) is 8.78 Å². The number of hydrogen-bond acceptors (Lipinski definition) is 2. The Morgan fingerprint density at radius 1 is 1.21 bits per heavy atom. The molecule has 0 saturated carbocycles. The average molecular weight is 209 g/mol. The molecule has 7 heteroatoms. The summed E-state index contributed by atoms with van der Waals surface area (Å²) in [5.74, 6) is -1.33. The molecule has 0 rings (SSSR count). The van der Waals surface area contributed by atoms with Crippen molar-refractivity contribution in [2.24, 2.45) is 0 Å². The van der Waals surface area contributed by atoms with E-state index < -0.39 is 12.3 Å². The molecule has 0 radical (unpaired) electrons. The van der Waals surface area contributed by atoms with Gasteiger partial charge in [0, 0.05) is 27.2 Å². The molecule has 0 aliphatic carbocycles. The van der Waals surface area contributed by atoms with Gasteiger partial charge in [-0.15, -0.1) is 0 Å². The molecular weight excluding hydrogens is 196 g/mol. The molecule has 2 N–H and O–H groups in total. The zero-order valence-corrected chi connectivity index (χ0v) is 8.01. The van der Waals surface area contributed by atoms with Crippen molar-refractivity contribution in [3.05, 3.63) is 0 Å². The third kappa shape index (κ3) is 5.28. The van der Waals surface area contributed by atoms with Crippen LogP contribution in [0.2, 0.25) is 0 Å². The molecule has 0 fully saturated rings. The van der Waals surface area contributed by atoms with E-state index in [1.54, 1.807) is 14.1 Å². The lowest BCUT2D eigenvalue weighted by atomic mass is 10.5. The van der Waals surface area contributed by atoms with Gasteiger partial charge in [0.05, 0.1) is 0 Å². The summed E-state index contributed by atoms with van der Waals surface area (Å²) < 4.78 is 23.3. The smallest absolute Gasteiger partial charge is 0.316 e. The molecule has 0 aliphatic rings. The molecule has 3 amide bonds. The van der Waals surface area contributed by atoms with Gasteiger partial charge >= 0.3 is 12.5 Å². The number of carbonyl (C=O) groups is 2. The third-order valence-electron chi connectivity index (χ3n) is 1.30. The first-order valence-electron chi connectivity index (χ1n) is 3.96. The highest BCUT2D eigenvalue weighted by Gasteiger charge is 2.13. The van der Waals surface area contributed by atoms with E-state index in [9.17, 15) is 18.4 Å². The Morgan fingerprint density at radius 2 is 1.71 bits per heavy atom. The summed E-state index contributed by atoms with van der Waals surface area (Å²) in [5, 5.41) is 4.36. The summed E-state index contributed by atoms with van der Waals surface area (Å²) in [4.78, 5) is 22.5. The molecule has 0 aromatic carbocycles. The van der Waals surface area contributed by atoms with E-state index in [4.69, 9.17) is 0 Å². The molecule has 0 heterocycles. The summed E-state index contributed by atoms with van der Waals surface area (Å²) in [6.45, 7) is 0.109. The second-order valence-electron chi connectivity index (χ2n) is 2.72. The van der Waals surface area contributed by atoms with Gasteiger partial charge in [0.15, 0.2) is 0 Å². The van der Waals surface area contributed by atoms with Crippen LogP contribution >= 0.6 is 0 Å². The molecule has 0 saturated heterocycles. The second kappa shape index (κ2) is 6.11. The van der Waals surface area contributed by atoms with Gasteiger partial charge in [0.1, 0.15) is 0 Å². The first kappa shape index (κ1) is 12.6. The summed E-state index contributed by atoms with van der Waals surface area (Å²) in [6.07, 6.45) is -3.01. The van der Waals surface area contributed by atoms with Crippen molar-refractivity contribution < 1.29 is 18.4 Å². The standard InChI is InChI=1S/C7H13F2N3O2/c1-12(2)7(14)11-4-3-10-6(13)5(8)9/h5H,3-4H2,1-2H3,(H,10,13)(H,11,14). The highest BCUT2D eigenvalue weighted by Crippen LogP contribution is 1.89. The van der Waals surface area contributed by atoms with E-state index in [1.807, 2.05) is 5.32 Å². The van der Waals surface area contributed by atoms with Crippen LogP contribution in [0.5, 0.6) is 0 Å². The molecule has 14 heavy (non-hydrogen) atoms. The molecule has 0 atom stereocenters. The van der Waals surface area contributed by atoms with Crippen LogP contribution in [0, 0.1) is 0 Å². The number of carbonyl (C=O) groups excluding carboxylic acids is 2. The number of nitrogens with zero attached hydrogens (tertiary/aromatic N) is 1. The third-order valence-corrected chi connectivity index (χ3v) is 1.30. The normalized spacial score (nSPS) is 9.79. The first-order chi connectivity index (χ1) is 6.45. The number of alkyl halides is 2. The van der Waals surface area contributed by atoms with E-state index in [-0.39, 0.29) is 19.1 Å². The van der Waals surface area contributed by atoms with Gasteiger partial charge in [-0.1, -0.05) is 0 Å². The zero-order valence-electron chi connectivity index (χ0n) is 8.01. The topological polar surface area (TPSA) is 61.4 Å². The van der Waals surface area contributed by atoms with Crippen LogP contribution in [0.3, 0.4) is 0 Å². The van der Waals surface area contributed by atoms with Gasteiger partial charge in [0.2, 0.25) is 0 Å². The predicted molar refractivity (Wildman–Crippen MR) is 46.1 cm³/mol. The summed E-state index contributed by atoms with van der Waals surface area (Å²) in [6, 6.07) is -0.337. The van der Waals surface area contributed by atoms with E-state index in [0.29, 0.717) is 0 Å². The number of amides is 3. The quantitative estimate of drug-likeness (QED) is 0.621. The molecule has 5 nitrogen and oxygen atoms in total. The second-order valence-corrected chi connectivity index (χ2v) is 2.72. The lowest BCUT2D eigenvalue weighted by Gasteiger charge is -2.11. The van der Waals surface area contributed by atoms with Gasteiger partial charge in [-0.3, -0.25) is 4.79 Å². The zero-order chi connectivity index (χ0) is 11.1. The van der Waals surface area contributed by atoms with Gasteiger partial charge in [-0.25, -0.2) is 4.79 Å². The van der Waals surface area contributed by atoms with Gasteiger partial charge < -0.3 is 15.5 Å². The van der Waals surface area contributed by atoms with Crippen molar-refractivity contribution in [1.29, 1.82) is 0 Å². The first-order valence-corrected chi connectivity index (χ1v) is 3.96. The van der Waals surface area contributed by atoms with E-state index >= 15 is 0 Å². The molecule has 0 unspecified atom stereocenters. The summed E-state index contributed by atoms with van der Waals surface area (Å²) >= 11 is 0. The summed E-state index contributed by atoms with van der Waals surface area (Å²) in [7, 11) is 3.10. The number of halogens is 2. The Bertz CT molecular complexity index is 187. The maximum Gasteiger partial charge on any atom is 0.316 e. The van der Waals surface area contributed by atoms with Gasteiger partial charge in [-0.05, 0) is 0 Å². The molecular formula is C7H13F2N3O2. The average Bonchev–Trinajstić information content (AvgIpc) is 2.11. The highest BCUT2D eigenvalue weighted by atomic mass is 19.3. The minimum atomic E-state index is -3.01. The largest absolute Gasteiger partial charge is 0.349 e. The Balaban J connectivity index is 3.48. The van der Waals surface area contributed by atoms with E-state index in [1.165, 1.54) is 4.90 Å². The van der Waals surface area contributed by atoms with Gasteiger partial charge in [0.25, 0.3) is 5.91 Å². The Labute approximate surface area is 80.4 Å². The van der Waals surface area contributed by atoms with Crippen LogP contribution in [0.25, 0.3) is 0 Å². The maximum atomic E-state index is 11.6. The maximum absolute atomic E-state index is 11.6. The fraction of sp³-hybridized carbons (Fsp3) is 0.714. The van der Waals surface area contributed by atoms with E-state index in [0.717, 1.165) is 0 Å². The SMILES string of the molecule is CN(C)C(=O)NCCNC(=O)C(F)F. The minimum Gasteiger partial charge on any atom is -0.349 e. The number of rotatable bonds is 4. The number of urea groups is 1. The predicted octanol–water partition coefficient (Wildman–Crippen LogP) is -0.361. The molecule has 0 aliphatic heterocycles. The van der Waals surface area contributed by atoms with Crippen LogP contribution in [-0.4, -0.2) is 50.4 Å². The van der Waals surface area contributed by atoms with Crippen LogP contribution in [0.4, 0.5) is 13.6 Å². The van der Waals surface area contributed by atoms with Crippen molar-refractivity contribution >= 4 is 11.9 Å². The van der Waals surface area contributed by atoms with Crippen molar-refractivity contribution in [1.82, 2.24) is 15.5 Å². The van der Waals surface area contributed by atoms with Crippen LogP contribution in [-0.2, 0) is 4.79 Å². The summed E-state index contributed by atoms with van der Waals surface area (Å²) in [5.41, 5.74) is 0. The molecule has 82 valence electrons. The lowest BCUT2D eigenvalue weighted by Crippen LogP contribution is -2.40. The van der Waals surface area contributed by atoms with Crippen molar-refractivity contribution in [3.63, 3.8) is 0 Å². The van der Waals surface area contributed by atoms with Crippen molar-refractivity contribution in [3.8, 4) is 0 Å². The highest BCUT2D eigenvalue weighted by molar-refractivity contribution is 5.79. The molecule has 0 bridgehead atoms. The fourth-order valence-electron chi connectivity index (χ4n) is 0.590. The van der Waals surface area contributed by atoms with Crippen molar-refractivity contribution in [2.45, 2.75) is 6.43 Å². The van der Waals surface area contributed by atoms with Crippen LogP contribution in [0.15, 0.2) is 0 Å². The monoisotopic (exact) mass is 209 g/mol. The molecule has 0 aromatic rings. The fourth-order valence-corrected chi connectivity index (χ4v) is 0.590. The lowest BCUT2D eigenvalue weighted by molar-refractivity contribution is -0.131. The number of hydrogen-bond donors (Lipinski definition) is 2. The Kier molecular flexibility index (Phi) is 5.50. The Morgan fingerprint density at radius 3 is 2.14 bits per heavy atom. The van der Waals surface area contributed by atoms with Crippen molar-refractivity contribution in [2.75, 3.05) is 27.2 Å². The molecule has 0 aromatic heterocycles. The minimum absolute atomic E-state index is 0.0112. The number of nitrogens with one attached hydrogen (secondary N) is 2. The van der Waals surface area contributed by atoms with E-state index in [2.05, 4.69) is 5.32 Å².